The number of hydrogen-bond acceptors (Lipinski definition) is 3. The Labute approximate surface area is 128 Å². The summed E-state index contributed by atoms with van der Waals surface area (Å²) in [6.45, 7) is 1.84. The average molecular weight is 313 g/mol. The average Bonchev–Trinajstić information content (AvgIpc) is 2.46. The van der Waals surface area contributed by atoms with Crippen molar-refractivity contribution in [2.45, 2.75) is 11.8 Å². The summed E-state index contributed by atoms with van der Waals surface area (Å²) in [5.74, 6) is 0. The highest BCUT2D eigenvalue weighted by molar-refractivity contribution is 7.90. The van der Waals surface area contributed by atoms with Gasteiger partial charge in [0.2, 0.25) is 0 Å². The van der Waals surface area contributed by atoms with Crippen LogP contribution in [-0.4, -0.2) is 19.7 Å². The fourth-order valence-corrected chi connectivity index (χ4v) is 3.15. The molecule has 5 heteroatoms. The number of para-hydroxylation sites is 1. The molecule has 0 aliphatic heterocycles. The number of H-pyrrole nitrogens is 1. The van der Waals surface area contributed by atoms with Crippen molar-refractivity contribution < 1.29 is 8.42 Å². The van der Waals surface area contributed by atoms with Crippen molar-refractivity contribution in [1.29, 1.82) is 0 Å². The van der Waals surface area contributed by atoms with Crippen LogP contribution in [-0.2, 0) is 9.84 Å². The van der Waals surface area contributed by atoms with E-state index >= 15 is 0 Å². The Morgan fingerprint density at radius 2 is 1.68 bits per heavy atom. The van der Waals surface area contributed by atoms with Crippen molar-refractivity contribution in [3.05, 3.63) is 64.4 Å². The minimum Gasteiger partial charge on any atom is -0.358 e. The van der Waals surface area contributed by atoms with Crippen LogP contribution in [0, 0.1) is 6.92 Å². The molecule has 112 valence electrons. The normalized spacial score (nSPS) is 11.7. The lowest BCUT2D eigenvalue weighted by Crippen LogP contribution is -2.03. The van der Waals surface area contributed by atoms with Crippen LogP contribution in [0.3, 0.4) is 0 Å². The molecule has 0 aliphatic carbocycles. The lowest BCUT2D eigenvalue weighted by Gasteiger charge is -2.08. The Kier molecular flexibility index (Phi) is 3.37. The van der Waals surface area contributed by atoms with Crippen LogP contribution < -0.4 is 5.43 Å². The van der Waals surface area contributed by atoms with E-state index in [1.807, 2.05) is 19.1 Å². The summed E-state index contributed by atoms with van der Waals surface area (Å²) in [5, 5.41) is 0.621. The Balaban J connectivity index is 2.25. The topological polar surface area (TPSA) is 67.0 Å². The van der Waals surface area contributed by atoms with Gasteiger partial charge in [-0.05, 0) is 30.7 Å². The van der Waals surface area contributed by atoms with E-state index in [1.165, 1.54) is 6.26 Å². The van der Waals surface area contributed by atoms with Gasteiger partial charge in [-0.1, -0.05) is 24.3 Å². The second kappa shape index (κ2) is 5.10. The van der Waals surface area contributed by atoms with Gasteiger partial charge in [-0.25, -0.2) is 8.42 Å². The second-order valence-corrected chi connectivity index (χ2v) is 7.36. The van der Waals surface area contributed by atoms with E-state index in [9.17, 15) is 13.2 Å². The van der Waals surface area contributed by atoms with Gasteiger partial charge < -0.3 is 4.98 Å². The number of pyridine rings is 1. The number of aromatic amines is 1. The minimum absolute atomic E-state index is 0.0270. The molecule has 1 heterocycles. The van der Waals surface area contributed by atoms with E-state index in [-0.39, 0.29) is 10.3 Å². The van der Waals surface area contributed by atoms with Crippen molar-refractivity contribution in [1.82, 2.24) is 4.98 Å². The van der Waals surface area contributed by atoms with Gasteiger partial charge in [0, 0.05) is 29.0 Å². The van der Waals surface area contributed by atoms with Crippen molar-refractivity contribution in [3.8, 4) is 11.1 Å². The molecule has 0 atom stereocenters. The van der Waals surface area contributed by atoms with Crippen LogP contribution in [0.15, 0.2) is 58.2 Å². The third-order valence-corrected chi connectivity index (χ3v) is 4.72. The molecule has 0 radical (unpaired) electrons. The maximum Gasteiger partial charge on any atom is 0.189 e. The smallest absolute Gasteiger partial charge is 0.189 e. The third-order valence-electron chi connectivity index (χ3n) is 3.59. The molecule has 0 unspecified atom stereocenters. The first-order chi connectivity index (χ1) is 10.4. The van der Waals surface area contributed by atoms with Gasteiger partial charge in [-0.2, -0.15) is 0 Å². The zero-order valence-corrected chi connectivity index (χ0v) is 13.1. The lowest BCUT2D eigenvalue weighted by molar-refractivity contribution is 0.602. The molecule has 0 amide bonds. The summed E-state index contributed by atoms with van der Waals surface area (Å²) in [4.78, 5) is 15.6. The lowest BCUT2D eigenvalue weighted by atomic mass is 10.0. The second-order valence-electron chi connectivity index (χ2n) is 5.34. The van der Waals surface area contributed by atoms with Gasteiger partial charge in [0.1, 0.15) is 0 Å². The molecule has 3 aromatic rings. The highest BCUT2D eigenvalue weighted by Crippen LogP contribution is 2.27. The predicted molar refractivity (Wildman–Crippen MR) is 87.9 cm³/mol. The number of benzene rings is 2. The molecule has 2 aromatic carbocycles. The van der Waals surface area contributed by atoms with E-state index in [1.54, 1.807) is 36.4 Å². The standard InChI is InChI=1S/C17H15NO3S/c1-11-10-16(19)15-5-3-4-14(17(15)18-11)12-6-8-13(9-7-12)22(2,20)21/h3-10H,1-2H3,(H,18,19). The Morgan fingerprint density at radius 1 is 1.00 bits per heavy atom. The molecule has 1 aromatic heterocycles. The van der Waals surface area contributed by atoms with Crippen LogP contribution in [0.1, 0.15) is 5.69 Å². The Hall–Kier alpha value is -2.40. The Bertz CT molecular complexity index is 1020. The molecule has 0 bridgehead atoms. The van der Waals surface area contributed by atoms with E-state index in [0.29, 0.717) is 5.39 Å². The maximum absolute atomic E-state index is 12.1. The fourth-order valence-electron chi connectivity index (χ4n) is 2.52. The van der Waals surface area contributed by atoms with Gasteiger partial charge in [-0.15, -0.1) is 0 Å². The molecule has 0 saturated heterocycles. The summed E-state index contributed by atoms with van der Waals surface area (Å²) in [6.07, 6.45) is 1.18. The number of rotatable bonds is 2. The zero-order valence-electron chi connectivity index (χ0n) is 12.3. The zero-order chi connectivity index (χ0) is 15.9. The molecule has 0 saturated carbocycles. The van der Waals surface area contributed by atoms with Gasteiger partial charge in [-0.3, -0.25) is 4.79 Å². The summed E-state index contributed by atoms with van der Waals surface area (Å²) in [5.41, 5.74) is 3.26. The van der Waals surface area contributed by atoms with Crippen LogP contribution in [0.25, 0.3) is 22.0 Å². The molecule has 0 aliphatic rings. The maximum atomic E-state index is 12.1. The number of sulfone groups is 1. The first kappa shape index (κ1) is 14.5. The monoisotopic (exact) mass is 313 g/mol. The van der Waals surface area contributed by atoms with Crippen molar-refractivity contribution in [2.24, 2.45) is 0 Å². The number of fused-ring (bicyclic) bond motifs is 1. The number of hydrogen-bond donors (Lipinski definition) is 1. The molecular weight excluding hydrogens is 298 g/mol. The largest absolute Gasteiger partial charge is 0.358 e. The first-order valence-corrected chi connectivity index (χ1v) is 8.68. The predicted octanol–water partition coefficient (Wildman–Crippen LogP) is 2.91. The van der Waals surface area contributed by atoms with Crippen molar-refractivity contribution in [3.63, 3.8) is 0 Å². The number of aromatic nitrogens is 1. The molecule has 22 heavy (non-hydrogen) atoms. The summed E-state index contributed by atoms with van der Waals surface area (Å²) < 4.78 is 23.1. The van der Waals surface area contributed by atoms with E-state index in [4.69, 9.17) is 0 Å². The summed E-state index contributed by atoms with van der Waals surface area (Å²) >= 11 is 0. The van der Waals surface area contributed by atoms with E-state index in [2.05, 4.69) is 4.98 Å². The van der Waals surface area contributed by atoms with Gasteiger partial charge in [0.25, 0.3) is 0 Å². The van der Waals surface area contributed by atoms with Crippen LogP contribution in [0.2, 0.25) is 0 Å². The summed E-state index contributed by atoms with van der Waals surface area (Å²) in [6, 6.07) is 13.8. The molecule has 4 nitrogen and oxygen atoms in total. The van der Waals surface area contributed by atoms with Gasteiger partial charge in [0.15, 0.2) is 15.3 Å². The van der Waals surface area contributed by atoms with Crippen LogP contribution in [0.4, 0.5) is 0 Å². The Morgan fingerprint density at radius 3 is 2.32 bits per heavy atom. The van der Waals surface area contributed by atoms with E-state index < -0.39 is 9.84 Å². The van der Waals surface area contributed by atoms with Crippen LogP contribution in [0.5, 0.6) is 0 Å². The van der Waals surface area contributed by atoms with Crippen LogP contribution >= 0.6 is 0 Å². The van der Waals surface area contributed by atoms with E-state index in [0.717, 1.165) is 22.3 Å². The number of aryl methyl sites for hydroxylation is 1. The molecule has 3 rings (SSSR count). The number of nitrogens with one attached hydrogen (secondary N) is 1. The van der Waals surface area contributed by atoms with Crippen molar-refractivity contribution >= 4 is 20.7 Å². The first-order valence-electron chi connectivity index (χ1n) is 6.79. The van der Waals surface area contributed by atoms with Gasteiger partial charge >= 0.3 is 0 Å². The fraction of sp³-hybridized carbons (Fsp3) is 0.118. The molecule has 1 N–H and O–H groups in total. The molecule has 0 fully saturated rings. The molecule has 0 spiro atoms. The SMILES string of the molecule is Cc1cc(=O)c2cccc(-c3ccc(S(C)(=O)=O)cc3)c2[nH]1. The molecular formula is C17H15NO3S. The highest BCUT2D eigenvalue weighted by Gasteiger charge is 2.10. The third kappa shape index (κ3) is 2.55. The quantitative estimate of drug-likeness (QED) is 0.791. The van der Waals surface area contributed by atoms with Gasteiger partial charge in [0.05, 0.1) is 10.4 Å². The minimum atomic E-state index is -3.22. The van der Waals surface area contributed by atoms with Crippen molar-refractivity contribution in [2.75, 3.05) is 6.26 Å². The highest BCUT2D eigenvalue weighted by atomic mass is 32.2. The summed E-state index contributed by atoms with van der Waals surface area (Å²) in [7, 11) is -3.22.